The Morgan fingerprint density at radius 3 is 1.40 bits per heavy atom. The molecule has 0 N–H and O–H groups in total. The summed E-state index contributed by atoms with van der Waals surface area (Å²) >= 11 is 0. The molecular weight excluding hydrogens is 124 g/mol. The molecule has 0 saturated carbocycles. The second-order valence-corrected chi connectivity index (χ2v) is 2.08. The highest BCUT2D eigenvalue weighted by Crippen LogP contribution is 2.02. The van der Waals surface area contributed by atoms with Gasteiger partial charge in [0, 0.05) is 10.8 Å². The zero-order valence-corrected chi connectivity index (χ0v) is 6.20. The molecule has 2 nitrogen and oxygen atoms in total. The molecule has 52 valence electrons. The quantitative estimate of drug-likeness (QED) is 0.511. The van der Waals surface area contributed by atoms with E-state index < -0.39 is 0 Å². The highest BCUT2D eigenvalue weighted by atomic mass is 14.6. The van der Waals surface area contributed by atoms with Gasteiger partial charge in [-0.05, 0) is 25.0 Å². The second kappa shape index (κ2) is 4.51. The number of aryl methyl sites for hydroxylation is 2. The first kappa shape index (κ1) is 8.64. The Morgan fingerprint density at radius 2 is 1.20 bits per heavy atom. The Labute approximate surface area is 60.9 Å². The monoisotopic (exact) mass is 134 g/mol. The first-order valence-corrected chi connectivity index (χ1v) is 3.03. The third-order valence-corrected chi connectivity index (χ3v) is 1.43. The van der Waals surface area contributed by atoms with Gasteiger partial charge in [0.2, 0.25) is 0 Å². The van der Waals surface area contributed by atoms with Crippen LogP contribution >= 0.6 is 0 Å². The molecule has 10 heavy (non-hydrogen) atoms. The predicted octanol–water partition coefficient (Wildman–Crippen LogP) is 2.33. The van der Waals surface area contributed by atoms with Crippen LogP contribution < -0.4 is 0 Å². The van der Waals surface area contributed by atoms with E-state index >= 15 is 0 Å². The van der Waals surface area contributed by atoms with E-state index in [0.29, 0.717) is 0 Å². The number of rotatable bonds is 0. The van der Waals surface area contributed by atoms with Crippen molar-refractivity contribution in [3.63, 3.8) is 0 Å². The Morgan fingerprint density at radius 1 is 0.900 bits per heavy atom. The van der Waals surface area contributed by atoms with Gasteiger partial charge in [0.15, 0.2) is 0 Å². The fourth-order valence-corrected chi connectivity index (χ4v) is 0.663. The summed E-state index contributed by atoms with van der Waals surface area (Å²) in [4.78, 5) is 0. The van der Waals surface area contributed by atoms with Gasteiger partial charge < -0.3 is 0 Å². The third kappa shape index (κ3) is 2.27. The van der Waals surface area contributed by atoms with E-state index in [1.807, 2.05) is 0 Å². The molecule has 0 heterocycles. The molecule has 1 rings (SSSR count). The van der Waals surface area contributed by atoms with Crippen molar-refractivity contribution in [3.8, 4) is 0 Å². The van der Waals surface area contributed by atoms with E-state index in [1.54, 1.807) is 0 Å². The molecule has 0 unspecified atom stereocenters. The molecule has 0 bridgehead atoms. The molecule has 1 aromatic rings. The lowest BCUT2D eigenvalue weighted by atomic mass is 10.1. The zero-order valence-electron chi connectivity index (χ0n) is 6.20. The summed E-state index contributed by atoms with van der Waals surface area (Å²) in [6, 6.07) is 8.36. The predicted molar refractivity (Wildman–Crippen MR) is 39.4 cm³/mol. The number of hydrogen-bond donors (Lipinski definition) is 0. The minimum Gasteiger partial charge on any atom is -0.0620 e. The normalized spacial score (nSPS) is 7.60. The molecule has 0 saturated heterocycles. The summed E-state index contributed by atoms with van der Waals surface area (Å²) in [6.45, 7) is 4.24. The van der Waals surface area contributed by atoms with Gasteiger partial charge in [-0.25, -0.2) is 0 Å². The molecule has 0 radical (unpaired) electrons. The van der Waals surface area contributed by atoms with E-state index in [-0.39, 0.29) is 0 Å². The van der Waals surface area contributed by atoms with Crippen LogP contribution in [-0.2, 0) is 0 Å². The summed E-state index contributed by atoms with van der Waals surface area (Å²) in [7, 11) is 0. The number of benzene rings is 1. The van der Waals surface area contributed by atoms with Crippen LogP contribution in [0.3, 0.4) is 0 Å². The third-order valence-electron chi connectivity index (χ3n) is 1.43. The minimum atomic E-state index is 1.37. The molecule has 0 fully saturated rings. The Balaban J connectivity index is 0.000000371. The topological polar surface area (TPSA) is 47.6 Å². The molecule has 0 amide bonds. The van der Waals surface area contributed by atoms with E-state index in [1.165, 1.54) is 11.1 Å². The molecule has 2 heteroatoms. The summed E-state index contributed by atoms with van der Waals surface area (Å²) in [5.41, 5.74) is 2.74. The molecule has 0 aliphatic carbocycles. The van der Waals surface area contributed by atoms with Crippen LogP contribution in [0.1, 0.15) is 11.1 Å². The van der Waals surface area contributed by atoms with Gasteiger partial charge in [-0.15, -0.1) is 0 Å². The maximum Gasteiger partial charge on any atom is 0 e. The van der Waals surface area contributed by atoms with Crippen LogP contribution in [-0.4, -0.2) is 0 Å². The number of hydrogen-bond acceptors (Lipinski definition) is 2. The summed E-state index contributed by atoms with van der Waals surface area (Å²) in [6.07, 6.45) is 0. The van der Waals surface area contributed by atoms with Gasteiger partial charge in [0.25, 0.3) is 0 Å². The second-order valence-electron chi connectivity index (χ2n) is 2.08. The lowest BCUT2D eigenvalue weighted by molar-refractivity contribution is 1.15. The molecule has 1 aromatic carbocycles. The molecule has 0 aliphatic rings. The van der Waals surface area contributed by atoms with Gasteiger partial charge in [-0.1, -0.05) is 24.3 Å². The Kier molecular flexibility index (Phi) is 3.90. The highest BCUT2D eigenvalue weighted by molar-refractivity contribution is 5.23. The van der Waals surface area contributed by atoms with Crippen LogP contribution in [0.25, 0.3) is 0 Å². The van der Waals surface area contributed by atoms with Gasteiger partial charge >= 0.3 is 0 Å². The minimum absolute atomic E-state index is 1.37. The van der Waals surface area contributed by atoms with E-state index in [2.05, 4.69) is 38.1 Å². The summed E-state index contributed by atoms with van der Waals surface area (Å²) < 4.78 is 0. The zero-order chi connectivity index (χ0) is 7.98. The van der Waals surface area contributed by atoms with Crippen molar-refractivity contribution >= 4 is 0 Å². The highest BCUT2D eigenvalue weighted by Gasteiger charge is 1.83. The smallest absolute Gasteiger partial charge is 0 e. The maximum absolute atomic E-state index is 6.00. The fourth-order valence-electron chi connectivity index (χ4n) is 0.663. The average Bonchev–Trinajstić information content (AvgIpc) is 2.00. The van der Waals surface area contributed by atoms with Crippen molar-refractivity contribution in [1.82, 2.24) is 0 Å². The van der Waals surface area contributed by atoms with Crippen molar-refractivity contribution in [2.75, 3.05) is 0 Å². The summed E-state index contributed by atoms with van der Waals surface area (Å²) in [5.74, 6) is 0. The molecule has 0 spiro atoms. The van der Waals surface area contributed by atoms with Crippen LogP contribution in [0.4, 0.5) is 0 Å². The van der Waals surface area contributed by atoms with E-state index in [4.69, 9.17) is 10.8 Å². The van der Waals surface area contributed by atoms with E-state index in [9.17, 15) is 0 Å². The standard InChI is InChI=1S/C8H10.N2/c1-7-5-3-4-6-8(7)2;1-2/h3-6H,1-2H3;. The number of nitrogens with zero attached hydrogens (tertiary/aromatic N) is 2. The van der Waals surface area contributed by atoms with Crippen LogP contribution in [0.2, 0.25) is 0 Å². The fraction of sp³-hybridized carbons (Fsp3) is 0.250. The average molecular weight is 134 g/mol. The van der Waals surface area contributed by atoms with Crippen molar-refractivity contribution in [2.24, 2.45) is 0 Å². The van der Waals surface area contributed by atoms with Crippen LogP contribution in [0.5, 0.6) is 0 Å². The lowest BCUT2D eigenvalue weighted by Gasteiger charge is -1.93. The Bertz CT molecular complexity index is 194. The molecule has 0 atom stereocenters. The van der Waals surface area contributed by atoms with Crippen molar-refractivity contribution in [3.05, 3.63) is 35.4 Å². The molecule has 0 aliphatic heterocycles. The SMILES string of the molecule is Cc1ccccc1C.N#N. The van der Waals surface area contributed by atoms with Crippen LogP contribution in [0, 0.1) is 24.6 Å². The largest absolute Gasteiger partial charge is 0.0620 e. The first-order chi connectivity index (χ1) is 4.80. The lowest BCUT2D eigenvalue weighted by Crippen LogP contribution is -1.74. The van der Waals surface area contributed by atoms with Crippen molar-refractivity contribution < 1.29 is 0 Å². The maximum atomic E-state index is 6.00. The molecule has 0 aromatic heterocycles. The van der Waals surface area contributed by atoms with Crippen molar-refractivity contribution in [2.45, 2.75) is 13.8 Å². The molecular formula is C8H10N2. The van der Waals surface area contributed by atoms with E-state index in [0.717, 1.165) is 0 Å². The first-order valence-electron chi connectivity index (χ1n) is 3.03. The van der Waals surface area contributed by atoms with Crippen LogP contribution in [0.15, 0.2) is 24.3 Å². The Hall–Kier alpha value is -1.36. The van der Waals surface area contributed by atoms with Gasteiger partial charge in [-0.2, -0.15) is 0 Å². The van der Waals surface area contributed by atoms with Gasteiger partial charge in [-0.3, -0.25) is 0 Å². The van der Waals surface area contributed by atoms with Gasteiger partial charge in [0.1, 0.15) is 0 Å². The van der Waals surface area contributed by atoms with Gasteiger partial charge in [0.05, 0.1) is 0 Å². The summed E-state index contributed by atoms with van der Waals surface area (Å²) in [5, 5.41) is 12.0. The van der Waals surface area contributed by atoms with Crippen molar-refractivity contribution in [1.29, 1.82) is 10.8 Å².